The van der Waals surface area contributed by atoms with Crippen LogP contribution in [-0.2, 0) is 0 Å². The Morgan fingerprint density at radius 2 is 1.04 bits per heavy atom. The number of fused-ring (bicyclic) bond motifs is 18. The summed E-state index contributed by atoms with van der Waals surface area (Å²) in [5.41, 5.74) is 13.1. The summed E-state index contributed by atoms with van der Waals surface area (Å²) in [4.78, 5) is 5.43. The van der Waals surface area contributed by atoms with Gasteiger partial charge in [0.2, 0.25) is 0 Å². The molecule has 0 radical (unpaired) electrons. The fourth-order valence-corrected chi connectivity index (χ4v) is 10.4. The number of hydrogen-bond acceptors (Lipinski definition) is 1. The summed E-state index contributed by atoms with van der Waals surface area (Å²) in [7, 11) is 0. The van der Waals surface area contributed by atoms with Crippen molar-refractivity contribution in [1.82, 2.24) is 18.4 Å². The van der Waals surface area contributed by atoms with Crippen molar-refractivity contribution in [2.45, 2.75) is 0 Å². The molecule has 0 aliphatic carbocycles. The summed E-state index contributed by atoms with van der Waals surface area (Å²) in [6, 6.07) is 60.2. The second-order valence-electron chi connectivity index (χ2n) is 15.1. The molecule has 4 nitrogen and oxygen atoms in total. The third kappa shape index (κ3) is 3.29. The maximum atomic E-state index is 5.43. The third-order valence-electron chi connectivity index (χ3n) is 12.5. The first kappa shape index (κ1) is 28.1. The SMILES string of the molecule is c1ccc(-n2c3ccccc3c3cc(-c4cccc5c6cccc7c8c9c%10c%11ccccc%11cc%11c%12ccccc%12n(c9cnc8n(c45)c67)c%11%10)ccc32)cc1. The van der Waals surface area contributed by atoms with Gasteiger partial charge in [-0.3, -0.25) is 4.40 Å². The van der Waals surface area contributed by atoms with E-state index in [-0.39, 0.29) is 0 Å². The molecule has 0 unspecified atom stereocenters. The molecule has 6 heterocycles. The van der Waals surface area contributed by atoms with Crippen molar-refractivity contribution < 1.29 is 0 Å². The molecule has 14 rings (SSSR count). The van der Waals surface area contributed by atoms with Crippen molar-refractivity contribution in [1.29, 1.82) is 0 Å². The zero-order valence-corrected chi connectivity index (χ0v) is 29.5. The Morgan fingerprint density at radius 1 is 0.364 bits per heavy atom. The van der Waals surface area contributed by atoms with Gasteiger partial charge >= 0.3 is 0 Å². The Balaban J connectivity index is 1.14. The van der Waals surface area contributed by atoms with Gasteiger partial charge in [0, 0.05) is 65.1 Å². The molecule has 0 fully saturated rings. The van der Waals surface area contributed by atoms with Crippen molar-refractivity contribution in [3.63, 3.8) is 0 Å². The highest BCUT2D eigenvalue weighted by atomic mass is 15.0. The number of rotatable bonds is 2. The van der Waals surface area contributed by atoms with Crippen molar-refractivity contribution in [2.75, 3.05) is 0 Å². The van der Waals surface area contributed by atoms with Gasteiger partial charge in [-0.15, -0.1) is 0 Å². The first-order valence-corrected chi connectivity index (χ1v) is 19.0. The lowest BCUT2D eigenvalue weighted by Gasteiger charge is -2.09. The van der Waals surface area contributed by atoms with Gasteiger partial charge in [0.15, 0.2) is 0 Å². The van der Waals surface area contributed by atoms with E-state index in [4.69, 9.17) is 4.98 Å². The van der Waals surface area contributed by atoms with Crippen LogP contribution in [-0.4, -0.2) is 18.4 Å². The minimum atomic E-state index is 1.00. The average molecular weight is 697 g/mol. The molecule has 0 spiro atoms. The van der Waals surface area contributed by atoms with Gasteiger partial charge in [0.05, 0.1) is 44.8 Å². The van der Waals surface area contributed by atoms with E-state index >= 15 is 0 Å². The number of benzene rings is 8. The molecule has 0 aliphatic heterocycles. The summed E-state index contributed by atoms with van der Waals surface area (Å²) in [5, 5.41) is 15.2. The Bertz CT molecular complexity index is 3940. The molecule has 8 aromatic carbocycles. The van der Waals surface area contributed by atoms with Crippen LogP contribution in [0.5, 0.6) is 0 Å². The van der Waals surface area contributed by atoms with E-state index in [9.17, 15) is 0 Å². The number of hydrogen-bond donors (Lipinski definition) is 0. The minimum Gasteiger partial charge on any atom is -0.309 e. The fourth-order valence-electron chi connectivity index (χ4n) is 10.4. The normalized spacial score (nSPS) is 12.7. The molecular formula is C51H28N4. The van der Waals surface area contributed by atoms with Crippen LogP contribution in [0.15, 0.2) is 170 Å². The molecule has 0 bridgehead atoms. The van der Waals surface area contributed by atoms with Gasteiger partial charge in [0.1, 0.15) is 5.65 Å². The molecule has 4 heteroatoms. The van der Waals surface area contributed by atoms with Crippen LogP contribution >= 0.6 is 0 Å². The number of aromatic nitrogens is 4. The zero-order chi connectivity index (χ0) is 35.5. The molecule has 0 amide bonds. The first-order chi connectivity index (χ1) is 27.3. The molecule has 0 aliphatic rings. The average Bonchev–Trinajstić information content (AvgIpc) is 4.03. The molecule has 0 saturated carbocycles. The van der Waals surface area contributed by atoms with Crippen LogP contribution in [0.25, 0.3) is 126 Å². The summed E-state index contributed by atoms with van der Waals surface area (Å²) in [6.45, 7) is 0. The Labute approximate surface area is 313 Å². The van der Waals surface area contributed by atoms with E-state index in [1.54, 1.807) is 0 Å². The van der Waals surface area contributed by atoms with Crippen LogP contribution in [0, 0.1) is 0 Å². The van der Waals surface area contributed by atoms with E-state index in [1.165, 1.54) is 115 Å². The van der Waals surface area contributed by atoms with Crippen molar-refractivity contribution in [2.24, 2.45) is 0 Å². The molecular weight excluding hydrogens is 669 g/mol. The Hall–Kier alpha value is -7.43. The smallest absolute Gasteiger partial charge is 0.146 e. The van der Waals surface area contributed by atoms with Gasteiger partial charge in [-0.1, -0.05) is 121 Å². The van der Waals surface area contributed by atoms with Gasteiger partial charge < -0.3 is 8.97 Å². The lowest BCUT2D eigenvalue weighted by atomic mass is 9.98. The molecule has 0 atom stereocenters. The van der Waals surface area contributed by atoms with Crippen molar-refractivity contribution in [3.8, 4) is 16.8 Å². The van der Waals surface area contributed by atoms with Gasteiger partial charge in [-0.25, -0.2) is 4.98 Å². The van der Waals surface area contributed by atoms with Gasteiger partial charge in [0.25, 0.3) is 0 Å². The summed E-state index contributed by atoms with van der Waals surface area (Å²) in [6.07, 6.45) is 2.13. The maximum absolute atomic E-state index is 5.43. The fraction of sp³-hybridized carbons (Fsp3) is 0. The topological polar surface area (TPSA) is 26.6 Å². The lowest BCUT2D eigenvalue weighted by Crippen LogP contribution is -1.93. The third-order valence-corrected chi connectivity index (χ3v) is 12.5. The largest absolute Gasteiger partial charge is 0.309 e. The van der Waals surface area contributed by atoms with Crippen LogP contribution in [0.1, 0.15) is 0 Å². The summed E-state index contributed by atoms with van der Waals surface area (Å²) < 4.78 is 7.32. The minimum absolute atomic E-state index is 1.00. The van der Waals surface area contributed by atoms with Gasteiger partial charge in [-0.2, -0.15) is 0 Å². The second-order valence-corrected chi connectivity index (χ2v) is 15.1. The Morgan fingerprint density at radius 3 is 1.91 bits per heavy atom. The highest BCUT2D eigenvalue weighted by Gasteiger charge is 2.27. The highest BCUT2D eigenvalue weighted by Crippen LogP contribution is 2.49. The standard InChI is InChI=1S/C51H28N4/c1-2-13-31(14-3-1)53-41-22-8-6-16-34(41)39-26-30(24-25-43(39)53)33-18-10-19-36-37-20-11-21-38-46-47-44(28-52-51(46)55(48(33)36)49(37)38)54-42-23-9-7-17-35(42)40-27-29-12-4-5-15-32(29)45(47)50(40)54/h1-28H. The number of nitrogens with zero attached hydrogens (tertiary/aromatic N) is 4. The highest BCUT2D eigenvalue weighted by molar-refractivity contribution is 6.39. The molecule has 14 aromatic rings. The monoisotopic (exact) mass is 696 g/mol. The van der Waals surface area contributed by atoms with Crippen LogP contribution in [0.2, 0.25) is 0 Å². The zero-order valence-electron chi connectivity index (χ0n) is 29.5. The Kier molecular flexibility index (Phi) is 4.99. The van der Waals surface area contributed by atoms with Crippen LogP contribution in [0.4, 0.5) is 0 Å². The van der Waals surface area contributed by atoms with E-state index < -0.39 is 0 Å². The van der Waals surface area contributed by atoms with Gasteiger partial charge in [-0.05, 0) is 58.8 Å². The summed E-state index contributed by atoms with van der Waals surface area (Å²) >= 11 is 0. The molecule has 55 heavy (non-hydrogen) atoms. The number of pyridine rings is 1. The summed E-state index contributed by atoms with van der Waals surface area (Å²) in [5.74, 6) is 0. The van der Waals surface area contributed by atoms with E-state index in [1.807, 2.05) is 0 Å². The quantitative estimate of drug-likeness (QED) is 0.177. The first-order valence-electron chi connectivity index (χ1n) is 19.0. The van der Waals surface area contributed by atoms with E-state index in [0.29, 0.717) is 0 Å². The number of para-hydroxylation sites is 5. The van der Waals surface area contributed by atoms with E-state index in [0.717, 1.165) is 11.2 Å². The van der Waals surface area contributed by atoms with Crippen LogP contribution < -0.4 is 0 Å². The molecule has 0 saturated heterocycles. The maximum Gasteiger partial charge on any atom is 0.146 e. The van der Waals surface area contributed by atoms with Crippen molar-refractivity contribution >= 4 is 109 Å². The molecule has 6 aromatic heterocycles. The van der Waals surface area contributed by atoms with E-state index in [2.05, 4.69) is 183 Å². The predicted octanol–water partition coefficient (Wildman–Crippen LogP) is 13.3. The lowest BCUT2D eigenvalue weighted by molar-refractivity contribution is 1.18. The van der Waals surface area contributed by atoms with Crippen LogP contribution in [0.3, 0.4) is 0 Å². The molecule has 252 valence electrons. The molecule has 0 N–H and O–H groups in total. The predicted molar refractivity (Wildman–Crippen MR) is 231 cm³/mol. The van der Waals surface area contributed by atoms with Crippen molar-refractivity contribution in [3.05, 3.63) is 170 Å². The second kappa shape index (κ2) is 9.75.